The van der Waals surface area contributed by atoms with Crippen molar-refractivity contribution < 1.29 is 9.59 Å². The van der Waals surface area contributed by atoms with Crippen LogP contribution in [-0.2, 0) is 24.2 Å². The minimum Gasteiger partial charge on any atom is -0.365 e. The van der Waals surface area contributed by atoms with Crippen molar-refractivity contribution in [2.45, 2.75) is 39.2 Å². The van der Waals surface area contributed by atoms with Gasteiger partial charge in [-0.2, -0.15) is 0 Å². The van der Waals surface area contributed by atoms with Crippen molar-refractivity contribution in [3.8, 4) is 11.1 Å². The van der Waals surface area contributed by atoms with Crippen LogP contribution in [0, 0.1) is 6.92 Å². The molecule has 3 aromatic heterocycles. The lowest BCUT2D eigenvalue weighted by atomic mass is 9.95. The van der Waals surface area contributed by atoms with Gasteiger partial charge in [0.1, 0.15) is 16.4 Å². The Hall–Kier alpha value is -3.30. The number of aryl methyl sites for hydroxylation is 2. The molecule has 0 saturated heterocycles. The highest BCUT2D eigenvalue weighted by Gasteiger charge is 2.25. The van der Waals surface area contributed by atoms with Crippen LogP contribution in [-0.4, -0.2) is 21.4 Å². The van der Waals surface area contributed by atoms with Crippen molar-refractivity contribution in [3.63, 3.8) is 0 Å². The van der Waals surface area contributed by atoms with Crippen molar-refractivity contribution >= 4 is 49.7 Å². The monoisotopic (exact) mass is 478 g/mol. The average Bonchev–Trinajstić information content (AvgIpc) is 3.33. The number of aromatic nitrogens is 2. The zero-order valence-electron chi connectivity index (χ0n) is 18.0. The number of nitrogens with two attached hydrogens (primary N) is 1. The standard InChI is InChI=1S/C24H22N4O3S2/c1-13-18(14-7-3-2-4-8-14)20-22(32-13)26-12-28(24(20)31)11-17(29)27-23-19(21(25)30)15-9-5-6-10-16(15)33-23/h2-4,7-8,12H,5-6,9-11H2,1H3,(H2,25,30)(H,27,29). The van der Waals surface area contributed by atoms with E-state index in [9.17, 15) is 14.4 Å². The summed E-state index contributed by atoms with van der Waals surface area (Å²) in [7, 11) is 0. The third-order valence-electron chi connectivity index (χ3n) is 5.90. The molecule has 168 valence electrons. The van der Waals surface area contributed by atoms with E-state index in [0.717, 1.165) is 52.1 Å². The normalized spacial score (nSPS) is 13.1. The van der Waals surface area contributed by atoms with Gasteiger partial charge in [0.05, 0.1) is 17.3 Å². The molecule has 9 heteroatoms. The van der Waals surface area contributed by atoms with Crippen molar-refractivity contribution in [1.29, 1.82) is 0 Å². The summed E-state index contributed by atoms with van der Waals surface area (Å²) in [6, 6.07) is 9.70. The number of hydrogen-bond donors (Lipinski definition) is 2. The lowest BCUT2D eigenvalue weighted by Gasteiger charge is -2.11. The van der Waals surface area contributed by atoms with Gasteiger partial charge < -0.3 is 11.1 Å². The summed E-state index contributed by atoms with van der Waals surface area (Å²) < 4.78 is 1.31. The molecule has 1 aliphatic rings. The van der Waals surface area contributed by atoms with Gasteiger partial charge in [0.25, 0.3) is 11.5 Å². The van der Waals surface area contributed by atoms with Gasteiger partial charge in [-0.05, 0) is 43.7 Å². The van der Waals surface area contributed by atoms with Crippen molar-refractivity contribution in [2.75, 3.05) is 5.32 Å². The van der Waals surface area contributed by atoms with E-state index in [1.165, 1.54) is 33.6 Å². The van der Waals surface area contributed by atoms with Gasteiger partial charge in [-0.15, -0.1) is 22.7 Å². The lowest BCUT2D eigenvalue weighted by Crippen LogP contribution is -2.28. The topological polar surface area (TPSA) is 107 Å². The van der Waals surface area contributed by atoms with Crippen molar-refractivity contribution in [3.05, 3.63) is 67.9 Å². The second kappa shape index (κ2) is 8.57. The summed E-state index contributed by atoms with van der Waals surface area (Å²) in [5.41, 5.74) is 8.51. The van der Waals surface area contributed by atoms with Crippen LogP contribution in [0.4, 0.5) is 5.00 Å². The average molecular weight is 479 g/mol. The van der Waals surface area contributed by atoms with Crippen molar-refractivity contribution in [1.82, 2.24) is 9.55 Å². The Morgan fingerprint density at radius 2 is 1.91 bits per heavy atom. The van der Waals surface area contributed by atoms with Crippen LogP contribution in [0.3, 0.4) is 0 Å². The zero-order valence-corrected chi connectivity index (χ0v) is 19.6. The van der Waals surface area contributed by atoms with Gasteiger partial charge in [-0.3, -0.25) is 19.0 Å². The van der Waals surface area contributed by atoms with Crippen LogP contribution < -0.4 is 16.6 Å². The van der Waals surface area contributed by atoms with Gasteiger partial charge >= 0.3 is 0 Å². The van der Waals surface area contributed by atoms with E-state index in [-0.39, 0.29) is 12.1 Å². The highest BCUT2D eigenvalue weighted by atomic mass is 32.1. The predicted octanol–water partition coefficient (Wildman–Crippen LogP) is 4.11. The molecule has 0 radical (unpaired) electrons. The minimum absolute atomic E-state index is 0.203. The highest BCUT2D eigenvalue weighted by molar-refractivity contribution is 7.19. The molecule has 1 aromatic carbocycles. The third-order valence-corrected chi connectivity index (χ3v) is 8.12. The minimum atomic E-state index is -0.536. The first kappa shape index (κ1) is 21.5. The summed E-state index contributed by atoms with van der Waals surface area (Å²) in [5.74, 6) is -0.932. The summed E-state index contributed by atoms with van der Waals surface area (Å²) in [4.78, 5) is 45.5. The smallest absolute Gasteiger partial charge is 0.263 e. The maximum atomic E-state index is 13.3. The first-order valence-corrected chi connectivity index (χ1v) is 12.4. The quantitative estimate of drug-likeness (QED) is 0.450. The van der Waals surface area contributed by atoms with E-state index < -0.39 is 11.8 Å². The fourth-order valence-electron chi connectivity index (χ4n) is 4.44. The van der Waals surface area contributed by atoms with E-state index in [0.29, 0.717) is 20.8 Å². The number of benzene rings is 1. The molecule has 3 heterocycles. The van der Waals surface area contributed by atoms with E-state index in [2.05, 4.69) is 10.3 Å². The SMILES string of the molecule is Cc1sc2ncn(CC(=O)Nc3sc4c(c3C(N)=O)CCCC4)c(=O)c2c1-c1ccccc1. The molecule has 0 aliphatic heterocycles. The Bertz CT molecular complexity index is 1450. The molecule has 33 heavy (non-hydrogen) atoms. The lowest BCUT2D eigenvalue weighted by molar-refractivity contribution is -0.116. The molecule has 0 bridgehead atoms. The summed E-state index contributed by atoms with van der Waals surface area (Å²) in [6.45, 7) is 1.76. The molecule has 2 amide bonds. The number of fused-ring (bicyclic) bond motifs is 2. The van der Waals surface area contributed by atoms with E-state index in [1.807, 2.05) is 37.3 Å². The molecule has 0 fully saturated rings. The zero-order chi connectivity index (χ0) is 23.1. The number of thiophene rings is 2. The molecule has 3 N–H and O–H groups in total. The molecule has 4 aromatic rings. The molecule has 0 atom stereocenters. The number of hydrogen-bond acceptors (Lipinski definition) is 6. The Kier molecular flexibility index (Phi) is 5.59. The fraction of sp³-hybridized carbons (Fsp3) is 0.250. The number of anilines is 1. The second-order valence-electron chi connectivity index (χ2n) is 8.08. The molecule has 7 nitrogen and oxygen atoms in total. The fourth-order valence-corrected chi connectivity index (χ4v) is 6.75. The largest absolute Gasteiger partial charge is 0.365 e. The summed E-state index contributed by atoms with van der Waals surface area (Å²) in [6.07, 6.45) is 5.14. The number of rotatable bonds is 5. The van der Waals surface area contributed by atoms with Crippen LogP contribution in [0.1, 0.15) is 38.5 Å². The van der Waals surface area contributed by atoms with Crippen LogP contribution >= 0.6 is 22.7 Å². The molecular formula is C24H22N4O3S2. The van der Waals surface area contributed by atoms with Gasteiger partial charge in [0.15, 0.2) is 0 Å². The van der Waals surface area contributed by atoms with Crippen LogP contribution in [0.15, 0.2) is 41.5 Å². The Morgan fingerprint density at radius 3 is 2.67 bits per heavy atom. The maximum Gasteiger partial charge on any atom is 0.263 e. The van der Waals surface area contributed by atoms with Crippen LogP contribution in [0.2, 0.25) is 0 Å². The Morgan fingerprint density at radius 1 is 1.15 bits per heavy atom. The highest BCUT2D eigenvalue weighted by Crippen LogP contribution is 2.38. The molecule has 0 unspecified atom stereocenters. The van der Waals surface area contributed by atoms with Crippen LogP contribution in [0.5, 0.6) is 0 Å². The first-order chi connectivity index (χ1) is 15.9. The Labute approximate surface area is 197 Å². The van der Waals surface area contributed by atoms with E-state index in [4.69, 9.17) is 5.73 Å². The van der Waals surface area contributed by atoms with Crippen LogP contribution in [0.25, 0.3) is 21.3 Å². The number of primary amides is 1. The number of amides is 2. The number of carbonyl (C=O) groups excluding carboxylic acids is 2. The molecule has 0 saturated carbocycles. The van der Waals surface area contributed by atoms with Crippen molar-refractivity contribution in [2.24, 2.45) is 5.73 Å². The third kappa shape index (κ3) is 3.87. The van der Waals surface area contributed by atoms with E-state index >= 15 is 0 Å². The molecule has 1 aliphatic carbocycles. The van der Waals surface area contributed by atoms with Gasteiger partial charge in [0.2, 0.25) is 5.91 Å². The van der Waals surface area contributed by atoms with E-state index in [1.54, 1.807) is 0 Å². The second-order valence-corrected chi connectivity index (χ2v) is 10.4. The molecular weight excluding hydrogens is 456 g/mol. The first-order valence-electron chi connectivity index (χ1n) is 10.7. The van der Waals surface area contributed by atoms with Gasteiger partial charge in [-0.1, -0.05) is 30.3 Å². The molecule has 0 spiro atoms. The summed E-state index contributed by atoms with van der Waals surface area (Å²) in [5, 5.41) is 3.81. The van der Waals surface area contributed by atoms with Gasteiger partial charge in [-0.25, -0.2) is 4.98 Å². The summed E-state index contributed by atoms with van der Waals surface area (Å²) >= 11 is 2.87. The number of nitrogens with zero attached hydrogens (tertiary/aromatic N) is 2. The number of carbonyl (C=O) groups is 2. The number of nitrogens with one attached hydrogen (secondary N) is 1. The Balaban J connectivity index is 1.48. The predicted molar refractivity (Wildman–Crippen MR) is 132 cm³/mol. The molecule has 5 rings (SSSR count). The maximum absolute atomic E-state index is 13.3. The van der Waals surface area contributed by atoms with Gasteiger partial charge in [0, 0.05) is 15.3 Å².